The molecular weight excluding hydrogens is 286 g/mol. The van der Waals surface area contributed by atoms with Gasteiger partial charge in [-0.3, -0.25) is 4.98 Å². The first-order valence-electron chi connectivity index (χ1n) is 7.84. The molecule has 3 heterocycles. The molecule has 0 spiro atoms. The number of rotatable bonds is 5. The van der Waals surface area contributed by atoms with Crippen LogP contribution in [0.25, 0.3) is 0 Å². The molecule has 0 N–H and O–H groups in total. The van der Waals surface area contributed by atoms with E-state index >= 15 is 0 Å². The molecule has 2 fully saturated rings. The molecule has 3 rings (SSSR count). The molecule has 0 unspecified atom stereocenters. The van der Waals surface area contributed by atoms with E-state index < -0.39 is 10.2 Å². The molecule has 21 heavy (non-hydrogen) atoms. The number of pyridine rings is 1. The van der Waals surface area contributed by atoms with Gasteiger partial charge in [-0.1, -0.05) is 0 Å². The molecule has 0 aromatic carbocycles. The van der Waals surface area contributed by atoms with Crippen LogP contribution in [0.1, 0.15) is 37.7 Å². The lowest BCUT2D eigenvalue weighted by molar-refractivity contribution is 0.333. The van der Waals surface area contributed by atoms with E-state index in [1.54, 1.807) is 21.0 Å². The second-order valence-corrected chi connectivity index (χ2v) is 7.80. The van der Waals surface area contributed by atoms with Crippen molar-refractivity contribution in [3.05, 3.63) is 30.1 Å². The van der Waals surface area contributed by atoms with Crippen molar-refractivity contribution in [2.75, 3.05) is 19.6 Å². The first-order chi connectivity index (χ1) is 10.2. The van der Waals surface area contributed by atoms with Gasteiger partial charge in [0.1, 0.15) is 0 Å². The maximum atomic E-state index is 12.7. The summed E-state index contributed by atoms with van der Waals surface area (Å²) >= 11 is 0. The van der Waals surface area contributed by atoms with Crippen LogP contribution in [0.2, 0.25) is 0 Å². The molecule has 2 aliphatic heterocycles. The van der Waals surface area contributed by atoms with Crippen molar-refractivity contribution in [2.45, 2.75) is 44.6 Å². The molecule has 116 valence electrons. The van der Waals surface area contributed by atoms with Gasteiger partial charge in [0.05, 0.1) is 0 Å². The average molecular weight is 309 g/mol. The van der Waals surface area contributed by atoms with Crippen LogP contribution in [0.4, 0.5) is 0 Å². The van der Waals surface area contributed by atoms with E-state index in [2.05, 4.69) is 4.98 Å². The Morgan fingerprint density at radius 1 is 1.10 bits per heavy atom. The van der Waals surface area contributed by atoms with Gasteiger partial charge in [-0.05, 0) is 56.2 Å². The minimum Gasteiger partial charge on any atom is -0.265 e. The van der Waals surface area contributed by atoms with E-state index in [0.29, 0.717) is 19.6 Å². The first kappa shape index (κ1) is 14.9. The monoisotopic (exact) mass is 309 g/mol. The summed E-state index contributed by atoms with van der Waals surface area (Å²) in [4.78, 5) is 4.02. The maximum Gasteiger partial charge on any atom is 0.282 e. The zero-order valence-corrected chi connectivity index (χ0v) is 13.1. The SMILES string of the molecule is O=S(=O)(N1CCCC1)N1CCC[C@H]1CCc1ccncc1. The normalized spacial score (nSPS) is 24.7. The van der Waals surface area contributed by atoms with E-state index in [1.165, 1.54) is 5.56 Å². The quantitative estimate of drug-likeness (QED) is 0.833. The van der Waals surface area contributed by atoms with Crippen LogP contribution < -0.4 is 0 Å². The molecule has 1 atom stereocenters. The van der Waals surface area contributed by atoms with Crippen LogP contribution in [-0.4, -0.2) is 47.7 Å². The largest absolute Gasteiger partial charge is 0.282 e. The number of aryl methyl sites for hydroxylation is 1. The fourth-order valence-corrected chi connectivity index (χ4v) is 5.31. The standard InChI is InChI=1S/C15H23N3O2S/c19-21(20,17-11-1-2-12-17)18-13-3-4-15(18)6-5-14-7-9-16-10-8-14/h7-10,15H,1-6,11-13H2/t15-/m0/s1. The fourth-order valence-electron chi connectivity index (χ4n) is 3.35. The highest BCUT2D eigenvalue weighted by Crippen LogP contribution is 2.28. The highest BCUT2D eigenvalue weighted by molar-refractivity contribution is 7.86. The van der Waals surface area contributed by atoms with Gasteiger partial charge in [0.15, 0.2) is 0 Å². The van der Waals surface area contributed by atoms with Gasteiger partial charge in [-0.15, -0.1) is 0 Å². The summed E-state index contributed by atoms with van der Waals surface area (Å²) in [5.41, 5.74) is 1.23. The smallest absolute Gasteiger partial charge is 0.265 e. The topological polar surface area (TPSA) is 53.5 Å². The summed E-state index contributed by atoms with van der Waals surface area (Å²) in [7, 11) is -3.24. The zero-order chi connectivity index (χ0) is 14.7. The molecule has 5 nitrogen and oxygen atoms in total. The minimum atomic E-state index is -3.24. The fraction of sp³-hybridized carbons (Fsp3) is 0.667. The van der Waals surface area contributed by atoms with Crippen molar-refractivity contribution in [2.24, 2.45) is 0 Å². The van der Waals surface area contributed by atoms with Crippen molar-refractivity contribution < 1.29 is 8.42 Å². The molecule has 0 bridgehead atoms. The van der Waals surface area contributed by atoms with Crippen LogP contribution in [-0.2, 0) is 16.6 Å². The molecule has 0 aliphatic carbocycles. The Morgan fingerprint density at radius 3 is 2.52 bits per heavy atom. The molecule has 0 amide bonds. The van der Waals surface area contributed by atoms with Crippen LogP contribution in [0.3, 0.4) is 0 Å². The number of hydrogen-bond acceptors (Lipinski definition) is 3. The Morgan fingerprint density at radius 2 is 1.81 bits per heavy atom. The zero-order valence-electron chi connectivity index (χ0n) is 12.3. The van der Waals surface area contributed by atoms with Crippen LogP contribution >= 0.6 is 0 Å². The molecule has 0 radical (unpaired) electrons. The van der Waals surface area contributed by atoms with Gasteiger partial charge in [-0.2, -0.15) is 17.0 Å². The molecule has 0 saturated carbocycles. The van der Waals surface area contributed by atoms with Crippen molar-refractivity contribution in [1.29, 1.82) is 0 Å². The third-order valence-electron chi connectivity index (χ3n) is 4.53. The van der Waals surface area contributed by atoms with Crippen LogP contribution in [0.15, 0.2) is 24.5 Å². The van der Waals surface area contributed by atoms with Crippen molar-refractivity contribution in [3.8, 4) is 0 Å². The van der Waals surface area contributed by atoms with Gasteiger partial charge in [0.25, 0.3) is 10.2 Å². The summed E-state index contributed by atoms with van der Waals surface area (Å²) < 4.78 is 28.8. The Bertz CT molecular complexity index is 556. The highest BCUT2D eigenvalue weighted by Gasteiger charge is 2.38. The summed E-state index contributed by atoms with van der Waals surface area (Å²) in [6.45, 7) is 2.06. The predicted octanol–water partition coefficient (Wildman–Crippen LogP) is 1.82. The summed E-state index contributed by atoms with van der Waals surface area (Å²) in [5.74, 6) is 0. The summed E-state index contributed by atoms with van der Waals surface area (Å²) in [6, 6.07) is 4.17. The second kappa shape index (κ2) is 6.42. The van der Waals surface area contributed by atoms with Gasteiger partial charge < -0.3 is 0 Å². The second-order valence-electron chi connectivity index (χ2n) is 5.91. The lowest BCUT2D eigenvalue weighted by atomic mass is 10.1. The lowest BCUT2D eigenvalue weighted by Crippen LogP contribution is -2.44. The highest BCUT2D eigenvalue weighted by atomic mass is 32.2. The predicted molar refractivity (Wildman–Crippen MR) is 82.0 cm³/mol. The molecule has 6 heteroatoms. The van der Waals surface area contributed by atoms with Crippen LogP contribution in [0.5, 0.6) is 0 Å². The van der Waals surface area contributed by atoms with Crippen LogP contribution in [0, 0.1) is 0 Å². The number of hydrogen-bond donors (Lipinski definition) is 0. The lowest BCUT2D eigenvalue weighted by Gasteiger charge is -2.28. The van der Waals surface area contributed by atoms with E-state index in [-0.39, 0.29) is 6.04 Å². The molecular formula is C15H23N3O2S. The van der Waals surface area contributed by atoms with Gasteiger partial charge in [0, 0.05) is 38.1 Å². The Hall–Kier alpha value is -0.980. The van der Waals surface area contributed by atoms with E-state index in [4.69, 9.17) is 0 Å². The number of aromatic nitrogens is 1. The molecule has 2 saturated heterocycles. The van der Waals surface area contributed by atoms with E-state index in [9.17, 15) is 8.42 Å². The average Bonchev–Trinajstić information content (AvgIpc) is 3.18. The number of nitrogens with zero attached hydrogens (tertiary/aromatic N) is 3. The van der Waals surface area contributed by atoms with Gasteiger partial charge in [0.2, 0.25) is 0 Å². The Kier molecular flexibility index (Phi) is 4.57. The summed E-state index contributed by atoms with van der Waals surface area (Å²) in [5, 5.41) is 0. The van der Waals surface area contributed by atoms with Crippen molar-refractivity contribution >= 4 is 10.2 Å². The van der Waals surface area contributed by atoms with E-state index in [0.717, 1.165) is 38.5 Å². The van der Waals surface area contributed by atoms with Crippen molar-refractivity contribution in [3.63, 3.8) is 0 Å². The Balaban J connectivity index is 1.65. The van der Waals surface area contributed by atoms with E-state index in [1.807, 2.05) is 12.1 Å². The van der Waals surface area contributed by atoms with Gasteiger partial charge >= 0.3 is 0 Å². The Labute approximate surface area is 127 Å². The molecule has 1 aromatic heterocycles. The summed E-state index contributed by atoms with van der Waals surface area (Å²) in [6.07, 6.45) is 9.36. The molecule has 1 aromatic rings. The van der Waals surface area contributed by atoms with Gasteiger partial charge in [-0.25, -0.2) is 0 Å². The molecule has 2 aliphatic rings. The first-order valence-corrected chi connectivity index (χ1v) is 9.23. The van der Waals surface area contributed by atoms with Crippen molar-refractivity contribution in [1.82, 2.24) is 13.6 Å². The minimum absolute atomic E-state index is 0.156. The third kappa shape index (κ3) is 3.27. The third-order valence-corrected chi connectivity index (χ3v) is 6.62. The maximum absolute atomic E-state index is 12.7.